The van der Waals surface area contributed by atoms with E-state index in [1.165, 1.54) is 0 Å². The molecule has 1 saturated heterocycles. The Bertz CT molecular complexity index is 1120. The third-order valence-electron chi connectivity index (χ3n) is 6.76. The summed E-state index contributed by atoms with van der Waals surface area (Å²) in [6.07, 6.45) is 5.93. The molecule has 2 heterocycles. The molecule has 170 valence electrons. The lowest BCUT2D eigenvalue weighted by atomic mass is 9.72. The molecule has 0 spiro atoms. The summed E-state index contributed by atoms with van der Waals surface area (Å²) in [5, 5.41) is 2.89. The third kappa shape index (κ3) is 5.14. The zero-order valence-corrected chi connectivity index (χ0v) is 19.4. The molecule has 0 unspecified atom stereocenters. The summed E-state index contributed by atoms with van der Waals surface area (Å²) in [4.78, 5) is 32.1. The van der Waals surface area contributed by atoms with Crippen molar-refractivity contribution < 1.29 is 9.59 Å². The Morgan fingerprint density at radius 3 is 2.42 bits per heavy atom. The maximum absolute atomic E-state index is 13.1. The number of nitrogens with zero attached hydrogens (tertiary/aromatic N) is 2. The van der Waals surface area contributed by atoms with E-state index in [9.17, 15) is 9.59 Å². The number of hydrogen-bond donors (Lipinski definition) is 1. The predicted molar refractivity (Wildman–Crippen MR) is 131 cm³/mol. The number of aryl methyl sites for hydroxylation is 1. The molecule has 0 bridgehead atoms. The Morgan fingerprint density at radius 1 is 1.00 bits per heavy atom. The van der Waals surface area contributed by atoms with Gasteiger partial charge in [-0.25, -0.2) is 0 Å². The topological polar surface area (TPSA) is 62.3 Å². The second kappa shape index (κ2) is 9.99. The Labute approximate surface area is 195 Å². The van der Waals surface area contributed by atoms with Crippen LogP contribution in [0.25, 0.3) is 11.1 Å². The maximum atomic E-state index is 13.1. The van der Waals surface area contributed by atoms with Gasteiger partial charge in [0.05, 0.1) is 11.8 Å². The minimum Gasteiger partial charge on any atom is -0.359 e. The number of aromatic nitrogens is 1. The number of rotatable bonds is 6. The van der Waals surface area contributed by atoms with Crippen molar-refractivity contribution in [2.24, 2.45) is 5.41 Å². The van der Waals surface area contributed by atoms with Gasteiger partial charge in [-0.05, 0) is 60.6 Å². The Morgan fingerprint density at radius 2 is 1.73 bits per heavy atom. The zero-order valence-electron chi connectivity index (χ0n) is 19.4. The molecule has 0 radical (unpaired) electrons. The number of amides is 2. The SMILES string of the molecule is CNC(=O)C1(Cc2ccccc2-c2ccncc2)CCN(C(=O)Cc2cccc(C)c2)CC1. The van der Waals surface area contributed by atoms with Crippen molar-refractivity contribution in [2.75, 3.05) is 20.1 Å². The highest BCUT2D eigenvalue weighted by Crippen LogP contribution is 2.38. The highest BCUT2D eigenvalue weighted by atomic mass is 16.2. The summed E-state index contributed by atoms with van der Waals surface area (Å²) in [5.74, 6) is 0.182. The maximum Gasteiger partial charge on any atom is 0.226 e. The number of hydrogen-bond acceptors (Lipinski definition) is 3. The largest absolute Gasteiger partial charge is 0.359 e. The molecular weight excluding hydrogens is 410 g/mol. The molecule has 2 aromatic carbocycles. The van der Waals surface area contributed by atoms with Gasteiger partial charge in [0.15, 0.2) is 0 Å². The van der Waals surface area contributed by atoms with Crippen LogP contribution in [0.1, 0.15) is 29.5 Å². The lowest BCUT2D eigenvalue weighted by Crippen LogP contribution is -2.51. The van der Waals surface area contributed by atoms with Gasteiger partial charge >= 0.3 is 0 Å². The highest BCUT2D eigenvalue weighted by Gasteiger charge is 2.42. The van der Waals surface area contributed by atoms with Crippen molar-refractivity contribution in [1.29, 1.82) is 0 Å². The van der Waals surface area contributed by atoms with Crippen molar-refractivity contribution in [3.05, 3.63) is 89.7 Å². The van der Waals surface area contributed by atoms with Crippen LogP contribution in [-0.4, -0.2) is 41.8 Å². The fraction of sp³-hybridized carbons (Fsp3) is 0.321. The molecule has 1 N–H and O–H groups in total. The van der Waals surface area contributed by atoms with Crippen LogP contribution in [0, 0.1) is 12.3 Å². The quantitative estimate of drug-likeness (QED) is 0.624. The monoisotopic (exact) mass is 441 g/mol. The number of benzene rings is 2. The van der Waals surface area contributed by atoms with E-state index in [-0.39, 0.29) is 11.8 Å². The van der Waals surface area contributed by atoms with Crippen LogP contribution in [0.4, 0.5) is 0 Å². The van der Waals surface area contributed by atoms with E-state index < -0.39 is 5.41 Å². The normalized spacial score (nSPS) is 15.2. The van der Waals surface area contributed by atoms with Gasteiger partial charge in [-0.1, -0.05) is 54.1 Å². The number of likely N-dealkylation sites (tertiary alicyclic amines) is 1. The van der Waals surface area contributed by atoms with Gasteiger partial charge in [0.1, 0.15) is 0 Å². The first-order chi connectivity index (χ1) is 16.0. The van der Waals surface area contributed by atoms with E-state index in [2.05, 4.69) is 28.5 Å². The number of carbonyl (C=O) groups is 2. The summed E-state index contributed by atoms with van der Waals surface area (Å²) in [6, 6.07) is 20.3. The molecule has 0 saturated carbocycles. The molecule has 1 aliphatic heterocycles. The van der Waals surface area contributed by atoms with Crippen LogP contribution in [-0.2, 0) is 22.4 Å². The minimum atomic E-state index is -0.530. The smallest absolute Gasteiger partial charge is 0.226 e. The van der Waals surface area contributed by atoms with E-state index in [0.717, 1.165) is 27.8 Å². The number of pyridine rings is 1. The standard InChI is InChI=1S/C28H31N3O2/c1-21-6-5-7-22(18-21)19-26(32)31-16-12-28(13-17-31,27(33)29-2)20-24-8-3-4-9-25(24)23-10-14-30-15-11-23/h3-11,14-15,18H,12-13,16-17,19-20H2,1-2H3,(H,29,33). The molecule has 1 fully saturated rings. The Balaban J connectivity index is 1.51. The van der Waals surface area contributed by atoms with Crippen molar-refractivity contribution in [3.8, 4) is 11.1 Å². The average Bonchev–Trinajstić information content (AvgIpc) is 2.85. The fourth-order valence-corrected chi connectivity index (χ4v) is 4.89. The number of nitrogens with one attached hydrogen (secondary N) is 1. The zero-order chi connectivity index (χ0) is 23.3. The predicted octanol–water partition coefficient (Wildman–Crippen LogP) is 4.20. The summed E-state index contributed by atoms with van der Waals surface area (Å²) < 4.78 is 0. The first-order valence-electron chi connectivity index (χ1n) is 11.5. The molecule has 0 atom stereocenters. The molecule has 5 nitrogen and oxygen atoms in total. The van der Waals surface area contributed by atoms with Gasteiger partial charge in [0, 0.05) is 32.5 Å². The van der Waals surface area contributed by atoms with E-state index in [1.807, 2.05) is 54.3 Å². The molecule has 4 rings (SSSR count). The Hall–Kier alpha value is -3.47. The van der Waals surface area contributed by atoms with Crippen molar-refractivity contribution in [2.45, 2.75) is 32.6 Å². The van der Waals surface area contributed by atoms with Crippen LogP contribution in [0.15, 0.2) is 73.1 Å². The molecule has 2 amide bonds. The second-order valence-electron chi connectivity index (χ2n) is 8.98. The summed E-state index contributed by atoms with van der Waals surface area (Å²) in [5.41, 5.74) is 5.03. The van der Waals surface area contributed by atoms with Crippen LogP contribution < -0.4 is 5.32 Å². The molecule has 1 aliphatic rings. The van der Waals surface area contributed by atoms with E-state index >= 15 is 0 Å². The molecule has 1 aromatic heterocycles. The van der Waals surface area contributed by atoms with Crippen LogP contribution in [0.3, 0.4) is 0 Å². The number of carbonyl (C=O) groups excluding carboxylic acids is 2. The lowest BCUT2D eigenvalue weighted by Gasteiger charge is -2.41. The van der Waals surface area contributed by atoms with Crippen molar-refractivity contribution >= 4 is 11.8 Å². The van der Waals surface area contributed by atoms with Gasteiger partial charge in [-0.2, -0.15) is 0 Å². The van der Waals surface area contributed by atoms with E-state index in [0.29, 0.717) is 38.8 Å². The molecule has 3 aromatic rings. The second-order valence-corrected chi connectivity index (χ2v) is 8.98. The van der Waals surface area contributed by atoms with Gasteiger partial charge in [-0.15, -0.1) is 0 Å². The Kier molecular flexibility index (Phi) is 6.87. The molecule has 5 heteroatoms. The van der Waals surface area contributed by atoms with Gasteiger partial charge in [0.25, 0.3) is 0 Å². The number of piperidine rings is 1. The van der Waals surface area contributed by atoms with Gasteiger partial charge in [0.2, 0.25) is 11.8 Å². The lowest BCUT2D eigenvalue weighted by molar-refractivity contribution is -0.140. The average molecular weight is 442 g/mol. The molecule has 0 aliphatic carbocycles. The first kappa shape index (κ1) is 22.7. The van der Waals surface area contributed by atoms with Gasteiger partial charge < -0.3 is 10.2 Å². The first-order valence-corrected chi connectivity index (χ1v) is 11.5. The van der Waals surface area contributed by atoms with Gasteiger partial charge in [-0.3, -0.25) is 14.6 Å². The minimum absolute atomic E-state index is 0.0535. The third-order valence-corrected chi connectivity index (χ3v) is 6.76. The summed E-state index contributed by atoms with van der Waals surface area (Å²) in [6.45, 7) is 3.22. The van der Waals surface area contributed by atoms with Crippen molar-refractivity contribution in [3.63, 3.8) is 0 Å². The van der Waals surface area contributed by atoms with Crippen LogP contribution in [0.2, 0.25) is 0 Å². The fourth-order valence-electron chi connectivity index (χ4n) is 4.89. The molecule has 33 heavy (non-hydrogen) atoms. The molecular formula is C28H31N3O2. The van der Waals surface area contributed by atoms with E-state index in [1.54, 1.807) is 19.4 Å². The van der Waals surface area contributed by atoms with Crippen molar-refractivity contribution in [1.82, 2.24) is 15.2 Å². The summed E-state index contributed by atoms with van der Waals surface area (Å²) >= 11 is 0. The van der Waals surface area contributed by atoms with Crippen LogP contribution in [0.5, 0.6) is 0 Å². The summed E-state index contributed by atoms with van der Waals surface area (Å²) in [7, 11) is 1.70. The highest BCUT2D eigenvalue weighted by molar-refractivity contribution is 5.84. The van der Waals surface area contributed by atoms with Crippen LogP contribution >= 0.6 is 0 Å². The van der Waals surface area contributed by atoms with E-state index in [4.69, 9.17) is 0 Å².